The maximum Gasteiger partial charge on any atom is 0.118 e. The molecule has 0 aliphatic heterocycles. The Labute approximate surface area is 141 Å². The van der Waals surface area contributed by atoms with Crippen LogP contribution >= 0.6 is 0 Å². The van der Waals surface area contributed by atoms with Gasteiger partial charge in [-0.15, -0.1) is 0 Å². The van der Waals surface area contributed by atoms with Crippen LogP contribution in [-0.2, 0) is 22.7 Å². The zero-order valence-corrected chi connectivity index (χ0v) is 13.7. The molecule has 0 radical (unpaired) electrons. The standard InChI is InChI=1S/C18H23NO5/c1-22-16-6-4-14(5-7-16)11-23-13-18(17(21)10-20)24-12-15-3-2-8-19-9-15/h2-9,17-18,20-21H,10-13H2,1H3/t17-,18+/m1/s1. The van der Waals surface area contributed by atoms with E-state index in [4.69, 9.17) is 19.3 Å². The molecule has 130 valence electrons. The van der Waals surface area contributed by atoms with Gasteiger partial charge in [0.05, 0.1) is 33.5 Å². The Morgan fingerprint density at radius 3 is 2.50 bits per heavy atom. The summed E-state index contributed by atoms with van der Waals surface area (Å²) in [4.78, 5) is 4.01. The van der Waals surface area contributed by atoms with Crippen LogP contribution in [0.4, 0.5) is 0 Å². The van der Waals surface area contributed by atoms with Crippen LogP contribution in [0.2, 0.25) is 0 Å². The number of aliphatic hydroxyl groups is 2. The topological polar surface area (TPSA) is 81.0 Å². The fraction of sp³-hybridized carbons (Fsp3) is 0.389. The number of pyridine rings is 1. The van der Waals surface area contributed by atoms with Gasteiger partial charge in [0.1, 0.15) is 18.0 Å². The van der Waals surface area contributed by atoms with E-state index in [9.17, 15) is 5.11 Å². The lowest BCUT2D eigenvalue weighted by atomic mass is 10.2. The molecule has 2 aromatic rings. The Kier molecular flexibility index (Phi) is 7.64. The molecule has 0 spiro atoms. The number of methoxy groups -OCH3 is 1. The molecular weight excluding hydrogens is 310 g/mol. The third-order valence-electron chi connectivity index (χ3n) is 3.51. The van der Waals surface area contributed by atoms with Gasteiger partial charge in [-0.1, -0.05) is 18.2 Å². The van der Waals surface area contributed by atoms with E-state index in [1.165, 1.54) is 0 Å². The highest BCUT2D eigenvalue weighted by molar-refractivity contribution is 5.26. The van der Waals surface area contributed by atoms with E-state index in [0.717, 1.165) is 16.9 Å². The molecular formula is C18H23NO5. The van der Waals surface area contributed by atoms with Crippen LogP contribution < -0.4 is 4.74 Å². The summed E-state index contributed by atoms with van der Waals surface area (Å²) in [5.41, 5.74) is 1.88. The number of aliphatic hydroxyl groups excluding tert-OH is 2. The molecule has 1 aromatic carbocycles. The molecule has 1 heterocycles. The van der Waals surface area contributed by atoms with Crippen molar-refractivity contribution in [2.45, 2.75) is 25.4 Å². The second-order valence-electron chi connectivity index (χ2n) is 5.32. The molecule has 0 aliphatic carbocycles. The lowest BCUT2D eigenvalue weighted by molar-refractivity contribution is -0.102. The zero-order chi connectivity index (χ0) is 17.2. The van der Waals surface area contributed by atoms with Crippen LogP contribution in [0.1, 0.15) is 11.1 Å². The van der Waals surface area contributed by atoms with Crippen LogP contribution in [0.3, 0.4) is 0 Å². The molecule has 6 nitrogen and oxygen atoms in total. The lowest BCUT2D eigenvalue weighted by Gasteiger charge is -2.22. The third-order valence-corrected chi connectivity index (χ3v) is 3.51. The van der Waals surface area contributed by atoms with Crippen molar-refractivity contribution in [1.82, 2.24) is 4.98 Å². The number of aromatic nitrogens is 1. The van der Waals surface area contributed by atoms with E-state index in [0.29, 0.717) is 13.2 Å². The second-order valence-corrected chi connectivity index (χ2v) is 5.32. The van der Waals surface area contributed by atoms with Crippen LogP contribution in [0.5, 0.6) is 5.75 Å². The van der Waals surface area contributed by atoms with Gasteiger partial charge in [-0.05, 0) is 29.3 Å². The molecule has 0 saturated heterocycles. The van der Waals surface area contributed by atoms with Crippen molar-refractivity contribution in [3.8, 4) is 5.75 Å². The normalized spacial score (nSPS) is 13.5. The average Bonchev–Trinajstić information content (AvgIpc) is 2.65. The number of ether oxygens (including phenoxy) is 3. The van der Waals surface area contributed by atoms with Gasteiger partial charge < -0.3 is 24.4 Å². The summed E-state index contributed by atoms with van der Waals surface area (Å²) in [6, 6.07) is 11.2. The Morgan fingerprint density at radius 1 is 1.08 bits per heavy atom. The molecule has 1 aromatic heterocycles. The third kappa shape index (κ3) is 5.90. The summed E-state index contributed by atoms with van der Waals surface area (Å²) in [6.07, 6.45) is 1.76. The average molecular weight is 333 g/mol. The van der Waals surface area contributed by atoms with Crippen molar-refractivity contribution in [2.24, 2.45) is 0 Å². The van der Waals surface area contributed by atoms with Gasteiger partial charge in [-0.2, -0.15) is 0 Å². The van der Waals surface area contributed by atoms with Crippen LogP contribution in [0.15, 0.2) is 48.8 Å². The second kappa shape index (κ2) is 10.00. The minimum Gasteiger partial charge on any atom is -0.497 e. The highest BCUT2D eigenvalue weighted by Gasteiger charge is 2.19. The van der Waals surface area contributed by atoms with E-state index in [1.54, 1.807) is 19.5 Å². The zero-order valence-electron chi connectivity index (χ0n) is 13.7. The number of benzene rings is 1. The first kappa shape index (κ1) is 18.4. The first-order chi connectivity index (χ1) is 11.7. The maximum atomic E-state index is 9.87. The molecule has 0 amide bonds. The number of hydrogen-bond donors (Lipinski definition) is 2. The summed E-state index contributed by atoms with van der Waals surface area (Å²) >= 11 is 0. The van der Waals surface area contributed by atoms with Crippen molar-refractivity contribution in [2.75, 3.05) is 20.3 Å². The van der Waals surface area contributed by atoms with Crippen molar-refractivity contribution in [3.63, 3.8) is 0 Å². The smallest absolute Gasteiger partial charge is 0.118 e. The van der Waals surface area contributed by atoms with Crippen molar-refractivity contribution in [3.05, 3.63) is 59.9 Å². The van der Waals surface area contributed by atoms with Gasteiger partial charge in [-0.3, -0.25) is 4.98 Å². The molecule has 0 fully saturated rings. The summed E-state index contributed by atoms with van der Waals surface area (Å²) in [6.45, 7) is 0.466. The Bertz CT molecular complexity index is 576. The van der Waals surface area contributed by atoms with Gasteiger partial charge in [-0.25, -0.2) is 0 Å². The first-order valence-electron chi connectivity index (χ1n) is 7.73. The number of hydrogen-bond acceptors (Lipinski definition) is 6. The van der Waals surface area contributed by atoms with Crippen LogP contribution in [0, 0.1) is 0 Å². The summed E-state index contributed by atoms with van der Waals surface area (Å²) in [7, 11) is 1.62. The molecule has 0 unspecified atom stereocenters. The largest absolute Gasteiger partial charge is 0.497 e. The lowest BCUT2D eigenvalue weighted by Crippen LogP contribution is -2.36. The van der Waals surface area contributed by atoms with Gasteiger partial charge in [0.15, 0.2) is 0 Å². The van der Waals surface area contributed by atoms with E-state index >= 15 is 0 Å². The van der Waals surface area contributed by atoms with Crippen molar-refractivity contribution < 1.29 is 24.4 Å². The Morgan fingerprint density at radius 2 is 1.88 bits per heavy atom. The van der Waals surface area contributed by atoms with E-state index in [2.05, 4.69) is 4.98 Å². The summed E-state index contributed by atoms with van der Waals surface area (Å²) in [5, 5.41) is 19.0. The predicted octanol–water partition coefficient (Wildman–Crippen LogP) is 1.55. The fourth-order valence-corrected chi connectivity index (χ4v) is 2.09. The maximum absolute atomic E-state index is 9.87. The quantitative estimate of drug-likeness (QED) is 0.686. The minimum absolute atomic E-state index is 0.175. The molecule has 2 rings (SSSR count). The molecule has 0 saturated carbocycles. The highest BCUT2D eigenvalue weighted by Crippen LogP contribution is 2.13. The molecule has 0 bridgehead atoms. The fourth-order valence-electron chi connectivity index (χ4n) is 2.09. The van der Waals surface area contributed by atoms with Crippen molar-refractivity contribution in [1.29, 1.82) is 0 Å². The predicted molar refractivity (Wildman–Crippen MR) is 88.6 cm³/mol. The van der Waals surface area contributed by atoms with Gasteiger partial charge >= 0.3 is 0 Å². The van der Waals surface area contributed by atoms with Crippen LogP contribution in [-0.4, -0.2) is 47.7 Å². The van der Waals surface area contributed by atoms with Crippen LogP contribution in [0.25, 0.3) is 0 Å². The molecule has 24 heavy (non-hydrogen) atoms. The molecule has 2 N–H and O–H groups in total. The van der Waals surface area contributed by atoms with E-state index in [-0.39, 0.29) is 13.2 Å². The SMILES string of the molecule is COc1ccc(COC[C@H](OCc2cccnc2)[C@H](O)CO)cc1. The van der Waals surface area contributed by atoms with Gasteiger partial charge in [0.2, 0.25) is 0 Å². The molecule has 6 heteroatoms. The van der Waals surface area contributed by atoms with Gasteiger partial charge in [0, 0.05) is 12.4 Å². The Hall–Kier alpha value is -1.99. The van der Waals surface area contributed by atoms with Gasteiger partial charge in [0.25, 0.3) is 0 Å². The number of nitrogens with zero attached hydrogens (tertiary/aromatic N) is 1. The summed E-state index contributed by atoms with van der Waals surface area (Å²) in [5.74, 6) is 0.784. The van der Waals surface area contributed by atoms with Crippen molar-refractivity contribution >= 4 is 0 Å². The van der Waals surface area contributed by atoms with E-state index in [1.807, 2.05) is 36.4 Å². The monoisotopic (exact) mass is 333 g/mol. The highest BCUT2D eigenvalue weighted by atomic mass is 16.5. The Balaban J connectivity index is 1.81. The molecule has 2 atom stereocenters. The summed E-state index contributed by atoms with van der Waals surface area (Å²) < 4.78 is 16.4. The minimum atomic E-state index is -1.00. The number of rotatable bonds is 10. The van der Waals surface area contributed by atoms with E-state index < -0.39 is 12.2 Å². The molecule has 0 aliphatic rings. The first-order valence-corrected chi connectivity index (χ1v) is 7.73.